The summed E-state index contributed by atoms with van der Waals surface area (Å²) < 4.78 is 0. The molecule has 20 heavy (non-hydrogen) atoms. The van der Waals surface area contributed by atoms with Gasteiger partial charge in [-0.15, -0.1) is 0 Å². The summed E-state index contributed by atoms with van der Waals surface area (Å²) in [6.07, 6.45) is 1.41. The monoisotopic (exact) mass is 265 g/mol. The van der Waals surface area contributed by atoms with E-state index in [9.17, 15) is 4.79 Å². The second-order valence-corrected chi connectivity index (χ2v) is 4.69. The summed E-state index contributed by atoms with van der Waals surface area (Å²) >= 11 is 0. The number of hydrogen-bond donors (Lipinski definition) is 0. The molecule has 1 heterocycles. The van der Waals surface area contributed by atoms with Gasteiger partial charge >= 0.3 is 0 Å². The summed E-state index contributed by atoms with van der Waals surface area (Å²) in [6.45, 7) is 2.55. The first-order valence-corrected chi connectivity index (χ1v) is 6.27. The molecule has 2 rings (SSSR count). The van der Waals surface area contributed by atoms with Gasteiger partial charge in [0, 0.05) is 19.8 Å². The van der Waals surface area contributed by atoms with Crippen molar-refractivity contribution in [2.24, 2.45) is 0 Å². The fraction of sp³-hybridized carbons (Fsp3) is 0.188. The Labute approximate surface area is 118 Å². The van der Waals surface area contributed by atoms with Crippen LogP contribution in [0.25, 0.3) is 0 Å². The largest absolute Gasteiger partial charge is 0.336 e. The zero-order chi connectivity index (χ0) is 14.5. The van der Waals surface area contributed by atoms with Gasteiger partial charge in [0.25, 0.3) is 5.91 Å². The number of rotatable bonds is 3. The number of hydrogen-bond acceptors (Lipinski definition) is 3. The highest BCUT2D eigenvalue weighted by Gasteiger charge is 2.13. The molecule has 1 amide bonds. The Balaban J connectivity index is 2.10. The fourth-order valence-electron chi connectivity index (χ4n) is 1.94. The Bertz CT molecular complexity index is 656. The highest BCUT2D eigenvalue weighted by molar-refractivity contribution is 5.92. The van der Waals surface area contributed by atoms with E-state index in [4.69, 9.17) is 5.26 Å². The van der Waals surface area contributed by atoms with Gasteiger partial charge in [0.05, 0.1) is 5.56 Å². The van der Waals surface area contributed by atoms with Crippen LogP contribution in [0.2, 0.25) is 0 Å². The first-order valence-electron chi connectivity index (χ1n) is 6.27. The number of carbonyl (C=O) groups is 1. The third kappa shape index (κ3) is 3.21. The SMILES string of the molecule is Cc1cccc(CN(C)C(=O)c2ccc(C#N)cn2)c1. The molecule has 0 aliphatic carbocycles. The molecule has 0 saturated carbocycles. The molecule has 100 valence electrons. The summed E-state index contributed by atoms with van der Waals surface area (Å²) in [4.78, 5) is 17.8. The van der Waals surface area contributed by atoms with Crippen LogP contribution in [0.5, 0.6) is 0 Å². The normalized spacial score (nSPS) is 9.85. The Hall–Kier alpha value is -2.67. The number of nitriles is 1. The molecule has 0 N–H and O–H groups in total. The molecular weight excluding hydrogens is 250 g/mol. The summed E-state index contributed by atoms with van der Waals surface area (Å²) in [6, 6.07) is 13.2. The van der Waals surface area contributed by atoms with Crippen molar-refractivity contribution in [3.8, 4) is 6.07 Å². The molecule has 0 spiro atoms. The molecule has 0 unspecified atom stereocenters. The average Bonchev–Trinajstić information content (AvgIpc) is 2.46. The molecule has 0 saturated heterocycles. The van der Waals surface area contributed by atoms with Crippen LogP contribution in [0, 0.1) is 18.3 Å². The molecule has 0 bridgehead atoms. The topological polar surface area (TPSA) is 57.0 Å². The van der Waals surface area contributed by atoms with E-state index in [1.54, 1.807) is 24.1 Å². The predicted molar refractivity (Wildman–Crippen MR) is 75.9 cm³/mol. The van der Waals surface area contributed by atoms with Crippen LogP contribution in [0.3, 0.4) is 0 Å². The van der Waals surface area contributed by atoms with Crippen molar-refractivity contribution in [1.82, 2.24) is 9.88 Å². The first-order chi connectivity index (χ1) is 9.60. The number of aryl methyl sites for hydroxylation is 1. The molecule has 0 aliphatic heterocycles. The third-order valence-electron chi connectivity index (χ3n) is 2.96. The van der Waals surface area contributed by atoms with Gasteiger partial charge in [-0.2, -0.15) is 5.26 Å². The quantitative estimate of drug-likeness (QED) is 0.857. The van der Waals surface area contributed by atoms with E-state index in [1.165, 1.54) is 11.8 Å². The zero-order valence-electron chi connectivity index (χ0n) is 11.5. The minimum atomic E-state index is -0.156. The van der Waals surface area contributed by atoms with Gasteiger partial charge < -0.3 is 4.90 Å². The lowest BCUT2D eigenvalue weighted by atomic mass is 10.1. The minimum absolute atomic E-state index is 0.156. The molecule has 0 fully saturated rings. The number of pyridine rings is 1. The number of aromatic nitrogens is 1. The van der Waals surface area contributed by atoms with Crippen molar-refractivity contribution < 1.29 is 4.79 Å². The van der Waals surface area contributed by atoms with E-state index in [1.807, 2.05) is 31.2 Å². The summed E-state index contributed by atoms with van der Waals surface area (Å²) in [5.41, 5.74) is 3.04. The average molecular weight is 265 g/mol. The molecule has 2 aromatic rings. The minimum Gasteiger partial charge on any atom is -0.336 e. The highest BCUT2D eigenvalue weighted by Crippen LogP contribution is 2.09. The third-order valence-corrected chi connectivity index (χ3v) is 2.96. The van der Waals surface area contributed by atoms with Gasteiger partial charge in [-0.3, -0.25) is 4.79 Å². The molecule has 0 atom stereocenters. The van der Waals surface area contributed by atoms with Crippen molar-refractivity contribution in [1.29, 1.82) is 5.26 Å². The predicted octanol–water partition coefficient (Wildman–Crippen LogP) is 2.53. The van der Waals surface area contributed by atoms with Crippen LogP contribution in [-0.2, 0) is 6.54 Å². The van der Waals surface area contributed by atoms with Gasteiger partial charge in [0.2, 0.25) is 0 Å². The summed E-state index contributed by atoms with van der Waals surface area (Å²) in [7, 11) is 1.74. The van der Waals surface area contributed by atoms with E-state index >= 15 is 0 Å². The van der Waals surface area contributed by atoms with Gasteiger partial charge in [-0.1, -0.05) is 29.8 Å². The van der Waals surface area contributed by atoms with Crippen LogP contribution in [0.15, 0.2) is 42.6 Å². The number of amides is 1. The van der Waals surface area contributed by atoms with Crippen molar-refractivity contribution in [2.45, 2.75) is 13.5 Å². The smallest absolute Gasteiger partial charge is 0.272 e. The van der Waals surface area contributed by atoms with Crippen molar-refractivity contribution in [3.05, 3.63) is 65.0 Å². The zero-order valence-corrected chi connectivity index (χ0v) is 11.5. The highest BCUT2D eigenvalue weighted by atomic mass is 16.2. The maximum absolute atomic E-state index is 12.2. The maximum atomic E-state index is 12.2. The van der Waals surface area contributed by atoms with Gasteiger partial charge in [0.1, 0.15) is 11.8 Å². The molecule has 4 nitrogen and oxygen atoms in total. The number of benzene rings is 1. The Morgan fingerprint density at radius 1 is 1.35 bits per heavy atom. The number of carbonyl (C=O) groups excluding carboxylic acids is 1. The summed E-state index contributed by atoms with van der Waals surface area (Å²) in [5.74, 6) is -0.156. The molecule has 0 radical (unpaired) electrons. The molecular formula is C16H15N3O. The second kappa shape index (κ2) is 5.98. The standard InChI is InChI=1S/C16H15N3O/c1-12-4-3-5-13(8-12)11-19(2)16(20)15-7-6-14(9-17)10-18-15/h3-8,10H,11H2,1-2H3. The molecule has 1 aromatic carbocycles. The lowest BCUT2D eigenvalue weighted by Crippen LogP contribution is -2.27. The summed E-state index contributed by atoms with van der Waals surface area (Å²) in [5, 5.41) is 8.71. The first kappa shape index (κ1) is 13.8. The van der Waals surface area contributed by atoms with Gasteiger partial charge in [0.15, 0.2) is 0 Å². The lowest BCUT2D eigenvalue weighted by molar-refractivity contribution is 0.0779. The van der Waals surface area contributed by atoms with Crippen molar-refractivity contribution in [3.63, 3.8) is 0 Å². The molecule has 0 aliphatic rings. The fourth-order valence-corrected chi connectivity index (χ4v) is 1.94. The Morgan fingerprint density at radius 2 is 2.15 bits per heavy atom. The Kier molecular flexibility index (Phi) is 4.11. The van der Waals surface area contributed by atoms with Crippen LogP contribution in [-0.4, -0.2) is 22.8 Å². The van der Waals surface area contributed by atoms with Crippen LogP contribution >= 0.6 is 0 Å². The van der Waals surface area contributed by atoms with E-state index in [0.29, 0.717) is 17.8 Å². The van der Waals surface area contributed by atoms with Crippen LogP contribution in [0.1, 0.15) is 27.2 Å². The number of nitrogens with zero attached hydrogens (tertiary/aromatic N) is 3. The molecule has 1 aromatic heterocycles. The van der Waals surface area contributed by atoms with E-state index in [0.717, 1.165) is 5.56 Å². The van der Waals surface area contributed by atoms with Crippen LogP contribution < -0.4 is 0 Å². The lowest BCUT2D eigenvalue weighted by Gasteiger charge is -2.17. The van der Waals surface area contributed by atoms with Gasteiger partial charge in [-0.05, 0) is 24.6 Å². The Morgan fingerprint density at radius 3 is 2.75 bits per heavy atom. The van der Waals surface area contributed by atoms with Gasteiger partial charge in [-0.25, -0.2) is 4.98 Å². The van der Waals surface area contributed by atoms with Crippen molar-refractivity contribution in [2.75, 3.05) is 7.05 Å². The van der Waals surface area contributed by atoms with E-state index in [2.05, 4.69) is 11.1 Å². The maximum Gasteiger partial charge on any atom is 0.272 e. The van der Waals surface area contributed by atoms with E-state index < -0.39 is 0 Å². The molecule has 4 heteroatoms. The van der Waals surface area contributed by atoms with Crippen LogP contribution in [0.4, 0.5) is 0 Å². The second-order valence-electron chi connectivity index (χ2n) is 4.69. The van der Waals surface area contributed by atoms with E-state index in [-0.39, 0.29) is 5.91 Å². The van der Waals surface area contributed by atoms with Crippen molar-refractivity contribution >= 4 is 5.91 Å².